The second-order valence-corrected chi connectivity index (χ2v) is 4.86. The Balaban J connectivity index is 2.46. The van der Waals surface area contributed by atoms with Crippen LogP contribution < -0.4 is 5.73 Å². The second-order valence-electron chi connectivity index (χ2n) is 4.86. The summed E-state index contributed by atoms with van der Waals surface area (Å²) in [4.78, 5) is 2.55. The molecular weight excluding hydrogens is 148 g/mol. The molecule has 1 heterocycles. The predicted octanol–water partition coefficient (Wildman–Crippen LogP) is 1.46. The Morgan fingerprint density at radius 1 is 1.42 bits per heavy atom. The molecule has 2 N–H and O–H groups in total. The maximum absolute atomic E-state index is 5.68. The molecule has 2 nitrogen and oxygen atoms in total. The Morgan fingerprint density at radius 2 is 2.08 bits per heavy atom. The lowest BCUT2D eigenvalue weighted by Crippen LogP contribution is -2.48. The van der Waals surface area contributed by atoms with Gasteiger partial charge in [-0.2, -0.15) is 0 Å². The van der Waals surface area contributed by atoms with Crippen LogP contribution in [0.15, 0.2) is 0 Å². The number of piperidine rings is 1. The van der Waals surface area contributed by atoms with E-state index in [1.807, 2.05) is 0 Å². The zero-order valence-electron chi connectivity index (χ0n) is 8.64. The molecule has 0 spiro atoms. The number of nitrogens with zero attached hydrogens (tertiary/aromatic N) is 1. The standard InChI is InChI=1S/C10H22N2/c1-10(2,3)12-6-4-5-9(7-11)8-12/h9H,4-8,11H2,1-3H3/t9-/m0/s1. The molecule has 72 valence electrons. The van der Waals surface area contributed by atoms with Crippen molar-refractivity contribution in [2.24, 2.45) is 11.7 Å². The molecule has 0 bridgehead atoms. The van der Waals surface area contributed by atoms with E-state index in [9.17, 15) is 0 Å². The molecular formula is C10H22N2. The Morgan fingerprint density at radius 3 is 2.58 bits per heavy atom. The summed E-state index contributed by atoms with van der Waals surface area (Å²) in [6.07, 6.45) is 2.64. The van der Waals surface area contributed by atoms with Crippen molar-refractivity contribution in [2.45, 2.75) is 39.2 Å². The van der Waals surface area contributed by atoms with Gasteiger partial charge in [0, 0.05) is 12.1 Å². The molecule has 1 aliphatic heterocycles. The molecule has 2 heteroatoms. The first kappa shape index (κ1) is 10.0. The fraction of sp³-hybridized carbons (Fsp3) is 1.00. The molecule has 1 rings (SSSR count). The van der Waals surface area contributed by atoms with Crippen LogP contribution in [0.4, 0.5) is 0 Å². The van der Waals surface area contributed by atoms with Crippen molar-refractivity contribution >= 4 is 0 Å². The lowest BCUT2D eigenvalue weighted by atomic mass is 9.94. The molecule has 1 saturated heterocycles. The average molecular weight is 170 g/mol. The van der Waals surface area contributed by atoms with Gasteiger partial charge in [-0.25, -0.2) is 0 Å². The molecule has 0 aromatic rings. The normalized spacial score (nSPS) is 27.5. The molecule has 0 saturated carbocycles. The van der Waals surface area contributed by atoms with E-state index in [1.165, 1.54) is 25.9 Å². The summed E-state index contributed by atoms with van der Waals surface area (Å²) in [5.41, 5.74) is 6.01. The molecule has 1 fully saturated rings. The zero-order valence-corrected chi connectivity index (χ0v) is 8.64. The number of hydrogen-bond donors (Lipinski definition) is 1. The van der Waals surface area contributed by atoms with Gasteiger partial charge < -0.3 is 5.73 Å². The largest absolute Gasteiger partial charge is 0.330 e. The van der Waals surface area contributed by atoms with Crippen LogP contribution in [0.1, 0.15) is 33.6 Å². The molecule has 0 unspecified atom stereocenters. The predicted molar refractivity (Wildman–Crippen MR) is 53.1 cm³/mol. The van der Waals surface area contributed by atoms with Gasteiger partial charge in [-0.05, 0) is 52.6 Å². The lowest BCUT2D eigenvalue weighted by Gasteiger charge is -2.41. The van der Waals surface area contributed by atoms with Crippen molar-refractivity contribution in [3.8, 4) is 0 Å². The smallest absolute Gasteiger partial charge is 0.0125 e. The van der Waals surface area contributed by atoms with E-state index in [1.54, 1.807) is 0 Å². The van der Waals surface area contributed by atoms with E-state index in [0.29, 0.717) is 5.54 Å². The van der Waals surface area contributed by atoms with Crippen molar-refractivity contribution in [1.82, 2.24) is 4.90 Å². The topological polar surface area (TPSA) is 29.3 Å². The molecule has 0 amide bonds. The highest BCUT2D eigenvalue weighted by atomic mass is 15.2. The van der Waals surface area contributed by atoms with Crippen LogP contribution in [0.3, 0.4) is 0 Å². The molecule has 1 aliphatic rings. The second kappa shape index (κ2) is 3.75. The first-order valence-electron chi connectivity index (χ1n) is 4.99. The van der Waals surface area contributed by atoms with Crippen molar-refractivity contribution < 1.29 is 0 Å². The third-order valence-electron chi connectivity index (χ3n) is 2.80. The zero-order chi connectivity index (χ0) is 9.19. The third kappa shape index (κ3) is 2.46. The number of rotatable bonds is 1. The van der Waals surface area contributed by atoms with Crippen LogP contribution in [0.25, 0.3) is 0 Å². The Hall–Kier alpha value is -0.0800. The minimum absolute atomic E-state index is 0.327. The summed E-state index contributed by atoms with van der Waals surface area (Å²) in [6, 6.07) is 0. The van der Waals surface area contributed by atoms with E-state index < -0.39 is 0 Å². The van der Waals surface area contributed by atoms with Crippen LogP contribution in [0.2, 0.25) is 0 Å². The highest BCUT2D eigenvalue weighted by Gasteiger charge is 2.26. The van der Waals surface area contributed by atoms with Gasteiger partial charge in [0.1, 0.15) is 0 Å². The number of hydrogen-bond acceptors (Lipinski definition) is 2. The third-order valence-corrected chi connectivity index (χ3v) is 2.80. The van der Waals surface area contributed by atoms with E-state index >= 15 is 0 Å². The number of likely N-dealkylation sites (tertiary alicyclic amines) is 1. The summed E-state index contributed by atoms with van der Waals surface area (Å²) in [7, 11) is 0. The maximum atomic E-state index is 5.68. The van der Waals surface area contributed by atoms with Crippen LogP contribution in [0, 0.1) is 5.92 Å². The summed E-state index contributed by atoms with van der Waals surface area (Å²) in [6.45, 7) is 10.1. The van der Waals surface area contributed by atoms with Crippen LogP contribution in [-0.2, 0) is 0 Å². The monoisotopic (exact) mass is 170 g/mol. The van der Waals surface area contributed by atoms with E-state index in [4.69, 9.17) is 5.73 Å². The van der Waals surface area contributed by atoms with E-state index in [2.05, 4.69) is 25.7 Å². The summed E-state index contributed by atoms with van der Waals surface area (Å²) >= 11 is 0. The minimum atomic E-state index is 0.327. The highest BCUT2D eigenvalue weighted by molar-refractivity contribution is 4.82. The summed E-state index contributed by atoms with van der Waals surface area (Å²) < 4.78 is 0. The van der Waals surface area contributed by atoms with Crippen molar-refractivity contribution in [2.75, 3.05) is 19.6 Å². The van der Waals surface area contributed by atoms with Crippen LogP contribution in [-0.4, -0.2) is 30.1 Å². The Bertz CT molecular complexity index is 137. The van der Waals surface area contributed by atoms with Gasteiger partial charge >= 0.3 is 0 Å². The van der Waals surface area contributed by atoms with Crippen LogP contribution >= 0.6 is 0 Å². The molecule has 0 radical (unpaired) electrons. The first-order chi connectivity index (χ1) is 5.54. The minimum Gasteiger partial charge on any atom is -0.330 e. The van der Waals surface area contributed by atoms with Gasteiger partial charge in [-0.15, -0.1) is 0 Å². The lowest BCUT2D eigenvalue weighted by molar-refractivity contribution is 0.0815. The van der Waals surface area contributed by atoms with Gasteiger partial charge in [0.2, 0.25) is 0 Å². The van der Waals surface area contributed by atoms with Gasteiger partial charge in [0.15, 0.2) is 0 Å². The maximum Gasteiger partial charge on any atom is 0.0125 e. The van der Waals surface area contributed by atoms with Crippen molar-refractivity contribution in [3.63, 3.8) is 0 Å². The molecule has 0 aliphatic carbocycles. The first-order valence-corrected chi connectivity index (χ1v) is 4.99. The average Bonchev–Trinajstić information content (AvgIpc) is 2.03. The van der Waals surface area contributed by atoms with Gasteiger partial charge in [-0.3, -0.25) is 4.90 Å². The Kier molecular flexibility index (Phi) is 3.13. The Labute approximate surface area is 76.1 Å². The molecule has 0 aromatic carbocycles. The molecule has 0 aromatic heterocycles. The number of nitrogens with two attached hydrogens (primary N) is 1. The molecule has 12 heavy (non-hydrogen) atoms. The highest BCUT2D eigenvalue weighted by Crippen LogP contribution is 2.22. The van der Waals surface area contributed by atoms with Gasteiger partial charge in [-0.1, -0.05) is 0 Å². The van der Waals surface area contributed by atoms with Gasteiger partial charge in [0.25, 0.3) is 0 Å². The van der Waals surface area contributed by atoms with Gasteiger partial charge in [0.05, 0.1) is 0 Å². The SMILES string of the molecule is CC(C)(C)N1CCC[C@@H](CN)C1. The summed E-state index contributed by atoms with van der Waals surface area (Å²) in [5, 5.41) is 0. The van der Waals surface area contributed by atoms with Crippen LogP contribution in [0.5, 0.6) is 0 Å². The fourth-order valence-corrected chi connectivity index (χ4v) is 1.87. The molecule has 1 atom stereocenters. The van der Waals surface area contributed by atoms with Crippen molar-refractivity contribution in [3.05, 3.63) is 0 Å². The van der Waals surface area contributed by atoms with Crippen molar-refractivity contribution in [1.29, 1.82) is 0 Å². The quantitative estimate of drug-likeness (QED) is 0.645. The fourth-order valence-electron chi connectivity index (χ4n) is 1.87. The van der Waals surface area contributed by atoms with E-state index in [0.717, 1.165) is 12.5 Å². The summed E-state index contributed by atoms with van der Waals surface area (Å²) in [5.74, 6) is 0.734. The van der Waals surface area contributed by atoms with E-state index in [-0.39, 0.29) is 0 Å².